The van der Waals surface area contributed by atoms with Crippen LogP contribution in [-0.4, -0.2) is 21.4 Å². The lowest BCUT2D eigenvalue weighted by Crippen LogP contribution is -2.30. The van der Waals surface area contributed by atoms with Crippen molar-refractivity contribution < 1.29 is 14.0 Å². The van der Waals surface area contributed by atoms with Crippen LogP contribution < -0.4 is 5.32 Å². The van der Waals surface area contributed by atoms with Crippen LogP contribution >= 0.6 is 15.9 Å². The van der Waals surface area contributed by atoms with Gasteiger partial charge >= 0.3 is 6.03 Å². The highest BCUT2D eigenvalue weighted by Crippen LogP contribution is 2.30. The Bertz CT molecular complexity index is 1460. The summed E-state index contributed by atoms with van der Waals surface area (Å²) in [6.07, 6.45) is 1.72. The van der Waals surface area contributed by atoms with Crippen LogP contribution in [0.25, 0.3) is 17.0 Å². The molecule has 0 aliphatic carbocycles. The van der Waals surface area contributed by atoms with E-state index in [1.54, 1.807) is 24.3 Å². The van der Waals surface area contributed by atoms with Crippen LogP contribution in [0.1, 0.15) is 22.4 Å². The second kappa shape index (κ2) is 8.91. The number of nitrogens with one attached hydrogen (secondary N) is 1. The summed E-state index contributed by atoms with van der Waals surface area (Å²) in [6.45, 7) is 2.55. The first-order chi connectivity index (χ1) is 16.4. The van der Waals surface area contributed by atoms with E-state index in [1.165, 1.54) is 6.07 Å². The van der Waals surface area contributed by atoms with Gasteiger partial charge in [-0.1, -0.05) is 64.5 Å². The van der Waals surface area contributed by atoms with Gasteiger partial charge in [-0.05, 0) is 42.8 Å². The summed E-state index contributed by atoms with van der Waals surface area (Å²) in [5.41, 5.74) is 4.49. The predicted molar refractivity (Wildman–Crippen MR) is 133 cm³/mol. The minimum Gasteiger partial charge on any atom is -0.340 e. The number of para-hydroxylation sites is 1. The zero-order valence-corrected chi connectivity index (χ0v) is 20.0. The molecule has 3 aromatic carbocycles. The van der Waals surface area contributed by atoms with E-state index < -0.39 is 17.8 Å². The Hall–Kier alpha value is -3.71. The number of carbonyl (C=O) groups is 2. The van der Waals surface area contributed by atoms with Gasteiger partial charge < -0.3 is 9.88 Å². The van der Waals surface area contributed by atoms with Crippen LogP contribution in [0.4, 0.5) is 9.18 Å². The lowest BCUT2D eigenvalue weighted by Gasteiger charge is -2.12. The largest absolute Gasteiger partial charge is 0.340 e. The van der Waals surface area contributed by atoms with E-state index in [-0.39, 0.29) is 17.8 Å². The number of aromatic nitrogens is 1. The fourth-order valence-corrected chi connectivity index (χ4v) is 4.54. The fraction of sp³-hybridized carbons (Fsp3) is 0.111. The Morgan fingerprint density at radius 1 is 0.941 bits per heavy atom. The van der Waals surface area contributed by atoms with Gasteiger partial charge in [-0.15, -0.1) is 0 Å². The molecule has 7 heteroatoms. The second-order valence-corrected chi connectivity index (χ2v) is 9.12. The van der Waals surface area contributed by atoms with Crippen molar-refractivity contribution in [2.24, 2.45) is 0 Å². The first kappa shape index (κ1) is 22.1. The van der Waals surface area contributed by atoms with Gasteiger partial charge in [0, 0.05) is 38.7 Å². The number of urea groups is 1. The number of rotatable bonds is 5. The average molecular weight is 518 g/mol. The summed E-state index contributed by atoms with van der Waals surface area (Å²) in [5, 5.41) is 3.65. The molecular formula is C27H21BrFN3O2. The Morgan fingerprint density at radius 2 is 1.65 bits per heavy atom. The Balaban J connectivity index is 1.51. The van der Waals surface area contributed by atoms with Gasteiger partial charge in [0.2, 0.25) is 0 Å². The number of carbonyl (C=O) groups excluding carboxylic acids is 2. The molecular weight excluding hydrogens is 497 g/mol. The van der Waals surface area contributed by atoms with Crippen molar-refractivity contribution in [2.45, 2.75) is 20.0 Å². The third-order valence-electron chi connectivity index (χ3n) is 6.07. The van der Waals surface area contributed by atoms with Crippen molar-refractivity contribution >= 4 is 44.8 Å². The molecule has 1 aromatic heterocycles. The number of hydrogen-bond donors (Lipinski definition) is 1. The molecule has 5 nitrogen and oxygen atoms in total. The van der Waals surface area contributed by atoms with Gasteiger partial charge in [0.15, 0.2) is 0 Å². The molecule has 5 rings (SSSR count). The third-order valence-corrected chi connectivity index (χ3v) is 6.60. The second-order valence-electron chi connectivity index (χ2n) is 8.20. The van der Waals surface area contributed by atoms with Crippen LogP contribution in [0.2, 0.25) is 0 Å². The number of fused-ring (bicyclic) bond motifs is 1. The average Bonchev–Trinajstić information content (AvgIpc) is 3.25. The molecule has 0 saturated carbocycles. The lowest BCUT2D eigenvalue weighted by molar-refractivity contribution is -0.123. The minimum atomic E-state index is -0.559. The number of amides is 3. The highest BCUT2D eigenvalue weighted by molar-refractivity contribution is 9.10. The van der Waals surface area contributed by atoms with Crippen molar-refractivity contribution in [1.29, 1.82) is 0 Å². The molecule has 170 valence electrons. The zero-order valence-electron chi connectivity index (χ0n) is 18.4. The standard InChI is InChI=1S/C27H21BrFN3O2/c1-17-22(14-24-26(33)32(27(34)30-24)16-19-6-2-4-8-23(19)29)21-7-3-5-9-25(21)31(17)15-18-10-12-20(28)13-11-18/h2-14H,15-16H2,1H3,(H,30,34)/b24-14+. The maximum absolute atomic E-state index is 14.1. The number of benzene rings is 3. The molecule has 0 spiro atoms. The molecule has 1 aliphatic rings. The Kier molecular flexibility index (Phi) is 5.79. The summed E-state index contributed by atoms with van der Waals surface area (Å²) in [5.74, 6) is -0.926. The quantitative estimate of drug-likeness (QED) is 0.261. The van der Waals surface area contributed by atoms with Gasteiger partial charge in [0.1, 0.15) is 11.5 Å². The van der Waals surface area contributed by atoms with E-state index in [0.29, 0.717) is 6.54 Å². The molecule has 1 fully saturated rings. The Labute approximate surface area is 204 Å². The number of imide groups is 1. The van der Waals surface area contributed by atoms with Gasteiger partial charge in [0.25, 0.3) is 5.91 Å². The molecule has 34 heavy (non-hydrogen) atoms. The zero-order chi connectivity index (χ0) is 23.8. The van der Waals surface area contributed by atoms with E-state index in [1.807, 2.05) is 43.3 Å². The van der Waals surface area contributed by atoms with Crippen molar-refractivity contribution in [3.05, 3.63) is 111 Å². The van der Waals surface area contributed by atoms with Crippen LogP contribution in [0.5, 0.6) is 0 Å². The van der Waals surface area contributed by atoms with Gasteiger partial charge in [0.05, 0.1) is 6.54 Å². The summed E-state index contributed by atoms with van der Waals surface area (Å²) >= 11 is 3.47. The smallest absolute Gasteiger partial charge is 0.329 e. The SMILES string of the molecule is Cc1c(/C=C2/NC(=O)N(Cc3ccccc3F)C2=O)c2ccccc2n1Cc1ccc(Br)cc1. The van der Waals surface area contributed by atoms with Crippen molar-refractivity contribution in [3.63, 3.8) is 0 Å². The maximum Gasteiger partial charge on any atom is 0.329 e. The molecule has 0 atom stereocenters. The summed E-state index contributed by atoms with van der Waals surface area (Å²) in [6, 6.07) is 21.7. The third kappa shape index (κ3) is 4.03. The van der Waals surface area contributed by atoms with E-state index >= 15 is 0 Å². The number of nitrogens with zero attached hydrogens (tertiary/aromatic N) is 2. The van der Waals surface area contributed by atoms with Gasteiger partial charge in [-0.3, -0.25) is 9.69 Å². The molecule has 4 aromatic rings. The van der Waals surface area contributed by atoms with Crippen LogP contribution in [-0.2, 0) is 17.9 Å². The molecule has 0 radical (unpaired) electrons. The molecule has 3 amide bonds. The molecule has 1 N–H and O–H groups in total. The van der Waals surface area contributed by atoms with Crippen LogP contribution in [0.15, 0.2) is 83.0 Å². The predicted octanol–water partition coefficient (Wildman–Crippen LogP) is 5.99. The topological polar surface area (TPSA) is 54.3 Å². The summed E-state index contributed by atoms with van der Waals surface area (Å²) < 4.78 is 17.3. The maximum atomic E-state index is 14.1. The van der Waals surface area contributed by atoms with Crippen LogP contribution in [0.3, 0.4) is 0 Å². The Morgan fingerprint density at radius 3 is 2.41 bits per heavy atom. The normalized spacial score (nSPS) is 14.9. The minimum absolute atomic E-state index is 0.126. The fourth-order valence-electron chi connectivity index (χ4n) is 4.27. The highest BCUT2D eigenvalue weighted by Gasteiger charge is 2.34. The van der Waals surface area contributed by atoms with E-state index in [0.717, 1.165) is 37.1 Å². The summed E-state index contributed by atoms with van der Waals surface area (Å²) in [7, 11) is 0. The van der Waals surface area contributed by atoms with E-state index in [4.69, 9.17) is 0 Å². The monoisotopic (exact) mass is 517 g/mol. The molecule has 1 saturated heterocycles. The van der Waals surface area contributed by atoms with E-state index in [9.17, 15) is 14.0 Å². The molecule has 0 unspecified atom stereocenters. The molecule has 2 heterocycles. The van der Waals surface area contributed by atoms with E-state index in [2.05, 4.69) is 37.9 Å². The molecule has 0 bridgehead atoms. The lowest BCUT2D eigenvalue weighted by atomic mass is 10.1. The van der Waals surface area contributed by atoms with Crippen LogP contribution in [0, 0.1) is 12.7 Å². The number of hydrogen-bond acceptors (Lipinski definition) is 2. The highest BCUT2D eigenvalue weighted by atomic mass is 79.9. The first-order valence-corrected chi connectivity index (χ1v) is 11.6. The first-order valence-electron chi connectivity index (χ1n) is 10.8. The van der Waals surface area contributed by atoms with Gasteiger partial charge in [-0.2, -0.15) is 0 Å². The van der Waals surface area contributed by atoms with Crippen molar-refractivity contribution in [1.82, 2.24) is 14.8 Å². The summed E-state index contributed by atoms with van der Waals surface area (Å²) in [4.78, 5) is 26.6. The number of halogens is 2. The van der Waals surface area contributed by atoms with Gasteiger partial charge in [-0.25, -0.2) is 9.18 Å². The van der Waals surface area contributed by atoms with Crippen molar-refractivity contribution in [2.75, 3.05) is 0 Å². The van der Waals surface area contributed by atoms with Crippen molar-refractivity contribution in [3.8, 4) is 0 Å². The molecule has 1 aliphatic heterocycles.